The smallest absolute Gasteiger partial charge is 0.255 e. The number of nitrogens with one attached hydrogen (secondary N) is 4. The van der Waals surface area contributed by atoms with E-state index in [0.717, 1.165) is 0 Å². The van der Waals surface area contributed by atoms with E-state index in [1.165, 1.54) is 0 Å². The number of anilines is 4. The predicted molar refractivity (Wildman–Crippen MR) is 166 cm³/mol. The number of carbonyl (C=O) groups excluding carboxylic acids is 4. The van der Waals surface area contributed by atoms with Crippen LogP contribution in [0.5, 0.6) is 0 Å². The topological polar surface area (TPSA) is 124 Å². The minimum absolute atomic E-state index is 0. The molecule has 2 heterocycles. The van der Waals surface area contributed by atoms with E-state index < -0.39 is 0 Å². The molecule has 4 N–H and O–H groups in total. The van der Waals surface area contributed by atoms with Crippen molar-refractivity contribution in [2.45, 2.75) is 0 Å². The Morgan fingerprint density at radius 3 is 0.957 bits per heavy atom. The highest BCUT2D eigenvalue weighted by atomic mass is 127. The quantitative estimate of drug-likeness (QED) is 0.111. The van der Waals surface area contributed by atoms with Gasteiger partial charge in [0.2, 0.25) is 0 Å². The lowest BCUT2D eigenvalue weighted by molar-refractivity contribution is -0.670. The Bertz CT molecular complexity index is 1710. The zero-order valence-corrected chi connectivity index (χ0v) is 29.1. The Kier molecular flexibility index (Phi) is 12.9. The average Bonchev–Trinajstić information content (AvgIpc) is 3.02. The molecular formula is C34H30I2N6O4. The Balaban J connectivity index is 0.00000288. The predicted octanol–water partition coefficient (Wildman–Crippen LogP) is -1.65. The van der Waals surface area contributed by atoms with Crippen molar-refractivity contribution in [3.05, 3.63) is 144 Å². The molecule has 5 aromatic rings. The van der Waals surface area contributed by atoms with Crippen molar-refractivity contribution in [1.82, 2.24) is 0 Å². The summed E-state index contributed by atoms with van der Waals surface area (Å²) < 4.78 is 3.67. The maximum Gasteiger partial charge on any atom is 0.255 e. The maximum atomic E-state index is 12.8. The summed E-state index contributed by atoms with van der Waals surface area (Å²) in [7, 11) is 3.73. The van der Waals surface area contributed by atoms with Crippen molar-refractivity contribution in [2.24, 2.45) is 14.1 Å². The molecule has 0 fully saturated rings. The van der Waals surface area contributed by atoms with E-state index in [0.29, 0.717) is 45.0 Å². The van der Waals surface area contributed by atoms with E-state index in [1.807, 2.05) is 47.8 Å². The molecule has 46 heavy (non-hydrogen) atoms. The number of carbonyl (C=O) groups is 4. The number of halogens is 2. The molecule has 0 aliphatic heterocycles. The third-order valence-corrected chi connectivity index (χ3v) is 6.61. The molecule has 0 unspecified atom stereocenters. The molecule has 10 nitrogen and oxygen atoms in total. The maximum absolute atomic E-state index is 12.8. The van der Waals surface area contributed by atoms with Crippen molar-refractivity contribution in [3.63, 3.8) is 0 Å². The van der Waals surface area contributed by atoms with Crippen molar-refractivity contribution in [1.29, 1.82) is 0 Å². The van der Waals surface area contributed by atoms with Gasteiger partial charge in [-0.1, -0.05) is 0 Å². The van der Waals surface area contributed by atoms with Crippen LogP contribution in [0.2, 0.25) is 0 Å². The fourth-order valence-electron chi connectivity index (χ4n) is 4.32. The van der Waals surface area contributed by atoms with Crippen LogP contribution < -0.4 is 78.4 Å². The van der Waals surface area contributed by atoms with Gasteiger partial charge in [-0.05, 0) is 84.9 Å². The monoisotopic (exact) mass is 840 g/mol. The molecule has 0 aliphatic rings. The van der Waals surface area contributed by atoms with E-state index in [-0.39, 0.29) is 71.6 Å². The van der Waals surface area contributed by atoms with Gasteiger partial charge in [0.25, 0.3) is 23.6 Å². The van der Waals surface area contributed by atoms with Gasteiger partial charge in [0.05, 0.1) is 0 Å². The normalized spacial score (nSPS) is 9.96. The van der Waals surface area contributed by atoms with E-state index >= 15 is 0 Å². The summed E-state index contributed by atoms with van der Waals surface area (Å²) in [4.78, 5) is 50.6. The van der Waals surface area contributed by atoms with Crippen molar-refractivity contribution >= 4 is 46.4 Å². The van der Waals surface area contributed by atoms with Gasteiger partial charge in [0.1, 0.15) is 25.5 Å². The van der Waals surface area contributed by atoms with Crippen LogP contribution in [0.25, 0.3) is 0 Å². The van der Waals surface area contributed by atoms with Crippen molar-refractivity contribution < 1.29 is 76.3 Å². The van der Waals surface area contributed by atoms with Gasteiger partial charge in [-0.15, -0.1) is 0 Å². The second-order valence-corrected chi connectivity index (χ2v) is 10.1. The number of benzene rings is 3. The molecule has 0 aliphatic carbocycles. The minimum Gasteiger partial charge on any atom is -1.00 e. The molecule has 5 rings (SSSR count). The molecule has 0 bridgehead atoms. The lowest BCUT2D eigenvalue weighted by Gasteiger charge is -2.09. The van der Waals surface area contributed by atoms with Gasteiger partial charge < -0.3 is 69.2 Å². The summed E-state index contributed by atoms with van der Waals surface area (Å²) >= 11 is 0. The van der Waals surface area contributed by atoms with Crippen LogP contribution in [0.1, 0.15) is 41.4 Å². The number of hydrogen-bond donors (Lipinski definition) is 4. The first-order valence-electron chi connectivity index (χ1n) is 13.7. The van der Waals surface area contributed by atoms with Crippen LogP contribution in [-0.4, -0.2) is 23.6 Å². The molecule has 4 amide bonds. The number of nitrogens with zero attached hydrogens (tertiary/aromatic N) is 2. The van der Waals surface area contributed by atoms with Gasteiger partial charge in [-0.3, -0.25) is 19.2 Å². The number of hydrogen-bond acceptors (Lipinski definition) is 4. The molecule has 3 aromatic carbocycles. The molecule has 0 saturated carbocycles. The van der Waals surface area contributed by atoms with Gasteiger partial charge >= 0.3 is 0 Å². The zero-order chi connectivity index (χ0) is 31.1. The van der Waals surface area contributed by atoms with E-state index in [4.69, 9.17) is 0 Å². The Morgan fingerprint density at radius 1 is 0.413 bits per heavy atom. The van der Waals surface area contributed by atoms with Crippen LogP contribution in [0.3, 0.4) is 0 Å². The third-order valence-electron chi connectivity index (χ3n) is 6.61. The minimum atomic E-state index is -0.357. The highest BCUT2D eigenvalue weighted by molar-refractivity contribution is 6.08. The standard InChI is InChI=1S/C34H28N6O4.2HI/c1-39-19-3-5-29(21-39)37-33(43)25-11-15-27(16-12-25)35-31(41)23-7-9-24(10-8-23)32(42)36-28-17-13-26(14-18-28)34(44)38-30-6-4-20-40(2)22-30;;/h3-22H,1-2H3,(H2-2,35,36,37,38,41,42,43,44);2*1H. The van der Waals surface area contributed by atoms with Crippen LogP contribution >= 0.6 is 0 Å². The number of aromatic nitrogens is 2. The van der Waals surface area contributed by atoms with Crippen molar-refractivity contribution in [3.8, 4) is 0 Å². The summed E-state index contributed by atoms with van der Waals surface area (Å²) in [6.45, 7) is 0. The highest BCUT2D eigenvalue weighted by Crippen LogP contribution is 2.16. The van der Waals surface area contributed by atoms with Gasteiger partial charge in [-0.2, -0.15) is 0 Å². The Morgan fingerprint density at radius 2 is 0.674 bits per heavy atom. The van der Waals surface area contributed by atoms with Crippen LogP contribution in [0, 0.1) is 0 Å². The van der Waals surface area contributed by atoms with Gasteiger partial charge in [0, 0.05) is 45.8 Å². The largest absolute Gasteiger partial charge is 1.00 e. The number of pyridine rings is 2. The first-order chi connectivity index (χ1) is 21.2. The Labute approximate surface area is 300 Å². The first-order valence-corrected chi connectivity index (χ1v) is 13.7. The SMILES string of the molecule is C[n+]1cccc(NC(=O)c2ccc(NC(=O)c3ccc(C(=O)Nc4ccc(C(=O)Nc5ccc[n+](C)c5)cc4)cc3)cc2)c1.[I-].[I-]. The van der Waals surface area contributed by atoms with Crippen LogP contribution in [0.15, 0.2) is 122 Å². The first kappa shape index (κ1) is 35.8. The average molecular weight is 840 g/mol. The van der Waals surface area contributed by atoms with E-state index in [2.05, 4.69) is 21.3 Å². The molecule has 234 valence electrons. The third kappa shape index (κ3) is 9.65. The summed E-state index contributed by atoms with van der Waals surface area (Å²) in [5, 5.41) is 11.3. The lowest BCUT2D eigenvalue weighted by Crippen LogP contribution is -3.00. The summed E-state index contributed by atoms with van der Waals surface area (Å²) in [6.07, 6.45) is 7.33. The van der Waals surface area contributed by atoms with E-state index in [9.17, 15) is 19.2 Å². The molecule has 0 radical (unpaired) electrons. The molecule has 0 saturated heterocycles. The number of amides is 4. The van der Waals surface area contributed by atoms with Crippen LogP contribution in [-0.2, 0) is 14.1 Å². The van der Waals surface area contributed by atoms with Gasteiger partial charge in [0.15, 0.2) is 24.8 Å². The Hall–Kier alpha value is -4.70. The summed E-state index contributed by atoms with van der Waals surface area (Å²) in [6, 6.07) is 26.6. The second kappa shape index (κ2) is 16.6. The molecule has 0 atom stereocenters. The number of rotatable bonds is 8. The highest BCUT2D eigenvalue weighted by Gasteiger charge is 2.13. The summed E-state index contributed by atoms with van der Waals surface area (Å²) in [5.41, 5.74) is 4.01. The molecule has 2 aromatic heterocycles. The van der Waals surface area contributed by atoms with Crippen LogP contribution in [0.4, 0.5) is 22.7 Å². The van der Waals surface area contributed by atoms with Crippen molar-refractivity contribution in [2.75, 3.05) is 21.3 Å². The fourth-order valence-corrected chi connectivity index (χ4v) is 4.32. The fraction of sp³-hybridized carbons (Fsp3) is 0.0588. The van der Waals surface area contributed by atoms with E-state index in [1.54, 1.807) is 97.3 Å². The number of aryl methyl sites for hydroxylation is 2. The summed E-state index contributed by atoms with van der Waals surface area (Å²) in [5.74, 6) is -1.24. The molecular weight excluding hydrogens is 810 g/mol. The zero-order valence-electron chi connectivity index (χ0n) is 24.8. The molecule has 12 heteroatoms. The van der Waals surface area contributed by atoms with Gasteiger partial charge in [-0.25, -0.2) is 9.13 Å². The molecule has 0 spiro atoms. The lowest BCUT2D eigenvalue weighted by atomic mass is 10.1. The second-order valence-electron chi connectivity index (χ2n) is 10.1.